The molecule has 2 aromatic heterocycles. The molecule has 1 saturated heterocycles. The van der Waals surface area contributed by atoms with Crippen molar-refractivity contribution in [1.29, 1.82) is 0 Å². The maximum atomic E-state index is 12.0. The van der Waals surface area contributed by atoms with E-state index in [-0.39, 0.29) is 5.56 Å². The number of allylic oxidation sites excluding steroid dienone is 1. The van der Waals surface area contributed by atoms with Crippen LogP contribution in [0.15, 0.2) is 72.6 Å². The molecule has 43 heavy (non-hydrogen) atoms. The van der Waals surface area contributed by atoms with Crippen molar-refractivity contribution >= 4 is 39.9 Å². The van der Waals surface area contributed by atoms with E-state index in [4.69, 9.17) is 16.3 Å². The van der Waals surface area contributed by atoms with Gasteiger partial charge < -0.3 is 19.7 Å². The Kier molecular flexibility index (Phi) is 7.62. The molecule has 2 aliphatic carbocycles. The van der Waals surface area contributed by atoms with E-state index in [9.17, 15) is 9.90 Å². The summed E-state index contributed by atoms with van der Waals surface area (Å²) in [7, 11) is 0. The topological polar surface area (TPSA) is 81.7 Å². The molecule has 0 atom stereocenters. The number of aromatic carboxylic acids is 1. The normalized spacial score (nSPS) is 19.0. The van der Waals surface area contributed by atoms with Crippen molar-refractivity contribution < 1.29 is 14.6 Å². The molecule has 0 bridgehead atoms. The van der Waals surface area contributed by atoms with E-state index in [1.54, 1.807) is 17.8 Å². The number of nitrogens with one attached hydrogen (secondary N) is 1. The van der Waals surface area contributed by atoms with Crippen LogP contribution < -0.4 is 9.64 Å². The van der Waals surface area contributed by atoms with Crippen LogP contribution in [-0.4, -0.2) is 58.7 Å². The average molecular weight is 597 g/mol. The van der Waals surface area contributed by atoms with Gasteiger partial charge in [0.2, 0.25) is 0 Å². The maximum absolute atomic E-state index is 12.0. The first kappa shape index (κ1) is 28.0. The highest BCUT2D eigenvalue weighted by Gasteiger charge is 2.38. The second-order valence-electron chi connectivity index (χ2n) is 12.4. The predicted molar refractivity (Wildman–Crippen MR) is 171 cm³/mol. The van der Waals surface area contributed by atoms with Gasteiger partial charge in [-0.15, -0.1) is 0 Å². The van der Waals surface area contributed by atoms with Crippen LogP contribution in [0.25, 0.3) is 16.6 Å². The van der Waals surface area contributed by atoms with Crippen molar-refractivity contribution in [3.8, 4) is 11.5 Å². The number of carboxylic acids is 1. The van der Waals surface area contributed by atoms with Gasteiger partial charge in [0.05, 0.1) is 6.20 Å². The number of H-pyrrole nitrogens is 1. The van der Waals surface area contributed by atoms with E-state index < -0.39 is 5.97 Å². The van der Waals surface area contributed by atoms with Crippen LogP contribution >= 0.6 is 11.6 Å². The molecule has 2 aromatic carbocycles. The second-order valence-corrected chi connectivity index (χ2v) is 12.8. The number of aromatic amines is 1. The number of piperazine rings is 1. The minimum atomic E-state index is -1.01. The van der Waals surface area contributed by atoms with Gasteiger partial charge in [0.15, 0.2) is 0 Å². The van der Waals surface area contributed by atoms with E-state index in [2.05, 4.69) is 31.9 Å². The summed E-state index contributed by atoms with van der Waals surface area (Å²) in [6.07, 6.45) is 12.6. The van der Waals surface area contributed by atoms with Crippen molar-refractivity contribution in [2.75, 3.05) is 37.6 Å². The third kappa shape index (κ3) is 5.89. The Labute approximate surface area is 257 Å². The highest BCUT2D eigenvalue weighted by Crippen LogP contribution is 2.52. The van der Waals surface area contributed by atoms with Crippen LogP contribution in [0, 0.1) is 5.41 Å². The van der Waals surface area contributed by atoms with Crippen LogP contribution in [-0.2, 0) is 0 Å². The summed E-state index contributed by atoms with van der Waals surface area (Å²) in [6, 6.07) is 17.6. The lowest BCUT2D eigenvalue weighted by Crippen LogP contribution is -2.47. The fourth-order valence-electron chi connectivity index (χ4n) is 7.42. The molecule has 0 radical (unpaired) electrons. The smallest absolute Gasteiger partial charge is 0.339 e. The zero-order valence-electron chi connectivity index (χ0n) is 24.3. The third-order valence-corrected chi connectivity index (χ3v) is 9.98. The number of ether oxygens (including phenoxy) is 1. The Morgan fingerprint density at radius 3 is 2.56 bits per heavy atom. The molecule has 1 spiro atoms. The van der Waals surface area contributed by atoms with Gasteiger partial charge in [0.1, 0.15) is 22.7 Å². The zero-order chi connectivity index (χ0) is 29.4. The Bertz CT molecular complexity index is 1660. The van der Waals surface area contributed by atoms with Gasteiger partial charge in [-0.1, -0.05) is 42.1 Å². The van der Waals surface area contributed by atoms with Crippen LogP contribution in [0.1, 0.15) is 60.9 Å². The Hall–Kier alpha value is -3.81. The fraction of sp³-hybridized carbons (Fsp3) is 0.371. The molecule has 2 fully saturated rings. The van der Waals surface area contributed by atoms with Crippen molar-refractivity contribution in [1.82, 2.24) is 14.9 Å². The SMILES string of the molecule is O=C(O)c1ccc(N2CCN(CC3=C(c4ccc(Cl)cc4)CCC4(CCCC4)C3)CC2)cc1Oc1cnc2[nH]ccc2c1. The number of aromatic nitrogens is 2. The van der Waals surface area contributed by atoms with E-state index in [0.29, 0.717) is 16.9 Å². The molecular formula is C35H37ClN4O3. The van der Waals surface area contributed by atoms with E-state index in [0.717, 1.165) is 60.9 Å². The van der Waals surface area contributed by atoms with Crippen molar-refractivity contribution in [3.05, 3.63) is 88.7 Å². The summed E-state index contributed by atoms with van der Waals surface area (Å²) in [5.74, 6) is -0.181. The van der Waals surface area contributed by atoms with Crippen LogP contribution in [0.4, 0.5) is 5.69 Å². The fourth-order valence-corrected chi connectivity index (χ4v) is 7.55. The number of anilines is 1. The van der Waals surface area contributed by atoms with Gasteiger partial charge in [-0.25, -0.2) is 9.78 Å². The first-order chi connectivity index (χ1) is 20.9. The Balaban J connectivity index is 1.07. The lowest BCUT2D eigenvalue weighted by molar-refractivity contribution is 0.0694. The first-order valence-electron chi connectivity index (χ1n) is 15.4. The highest BCUT2D eigenvalue weighted by atomic mass is 35.5. The average Bonchev–Trinajstić information content (AvgIpc) is 3.68. The monoisotopic (exact) mass is 596 g/mol. The number of fused-ring (bicyclic) bond motifs is 1. The van der Waals surface area contributed by atoms with Crippen molar-refractivity contribution in [2.24, 2.45) is 5.41 Å². The van der Waals surface area contributed by atoms with Crippen molar-refractivity contribution in [3.63, 3.8) is 0 Å². The highest BCUT2D eigenvalue weighted by molar-refractivity contribution is 6.30. The summed E-state index contributed by atoms with van der Waals surface area (Å²) in [6.45, 7) is 4.66. The van der Waals surface area contributed by atoms with Crippen LogP contribution in [0.5, 0.6) is 11.5 Å². The molecule has 1 aliphatic heterocycles. The molecule has 3 aliphatic rings. The number of rotatable bonds is 7. The quantitative estimate of drug-likeness (QED) is 0.225. The third-order valence-electron chi connectivity index (χ3n) is 9.73. The predicted octanol–water partition coefficient (Wildman–Crippen LogP) is 8.03. The molecule has 8 heteroatoms. The summed E-state index contributed by atoms with van der Waals surface area (Å²) >= 11 is 6.23. The molecule has 0 amide bonds. The Morgan fingerprint density at radius 1 is 1.00 bits per heavy atom. The molecule has 3 heterocycles. The molecule has 0 unspecified atom stereocenters. The second kappa shape index (κ2) is 11.7. The van der Waals surface area contributed by atoms with E-state index >= 15 is 0 Å². The van der Waals surface area contributed by atoms with Gasteiger partial charge in [-0.2, -0.15) is 0 Å². The molecular weight excluding hydrogens is 560 g/mol. The summed E-state index contributed by atoms with van der Waals surface area (Å²) < 4.78 is 6.10. The molecule has 222 valence electrons. The number of hydrogen-bond donors (Lipinski definition) is 2. The first-order valence-corrected chi connectivity index (χ1v) is 15.8. The van der Waals surface area contributed by atoms with Gasteiger partial charge in [0, 0.05) is 61.1 Å². The standard InChI is InChI=1S/C35H37ClN4O3/c36-27-5-3-24(4-6-27)30-9-13-35(11-1-2-12-35)21-26(30)23-39-15-17-40(18-16-39)28-7-8-31(34(41)42)32(20-28)43-29-19-25-10-14-37-33(25)38-22-29/h3-8,10,14,19-20,22H,1-2,9,11-13,15-18,21,23H2,(H,37,38)(H,41,42). The van der Waals surface area contributed by atoms with Gasteiger partial charge in [-0.3, -0.25) is 4.90 Å². The number of nitrogens with zero attached hydrogens (tertiary/aromatic N) is 3. The van der Waals surface area contributed by atoms with Gasteiger partial charge in [-0.05, 0) is 85.1 Å². The molecule has 7 rings (SSSR count). The van der Waals surface area contributed by atoms with E-state index in [1.807, 2.05) is 42.6 Å². The molecule has 7 nitrogen and oxygen atoms in total. The van der Waals surface area contributed by atoms with Crippen molar-refractivity contribution in [2.45, 2.75) is 44.9 Å². The van der Waals surface area contributed by atoms with Crippen LogP contribution in [0.2, 0.25) is 5.02 Å². The number of carboxylic acid groups (broad SMARTS) is 1. The minimum absolute atomic E-state index is 0.136. The van der Waals surface area contributed by atoms with Gasteiger partial charge in [0.25, 0.3) is 0 Å². The number of carbonyl (C=O) groups is 1. The zero-order valence-corrected chi connectivity index (χ0v) is 25.1. The largest absolute Gasteiger partial charge is 0.478 e. The summed E-state index contributed by atoms with van der Waals surface area (Å²) in [5.41, 5.74) is 6.82. The molecule has 2 N–H and O–H groups in total. The number of halogens is 1. The van der Waals surface area contributed by atoms with E-state index in [1.165, 1.54) is 49.7 Å². The maximum Gasteiger partial charge on any atom is 0.339 e. The molecule has 1 saturated carbocycles. The summed E-state index contributed by atoms with van der Waals surface area (Å²) in [4.78, 5) is 24.4. The van der Waals surface area contributed by atoms with Gasteiger partial charge >= 0.3 is 5.97 Å². The lowest BCUT2D eigenvalue weighted by Gasteiger charge is -2.41. The number of pyridine rings is 1. The molecule has 4 aromatic rings. The van der Waals surface area contributed by atoms with Crippen LogP contribution in [0.3, 0.4) is 0 Å². The number of benzene rings is 2. The number of hydrogen-bond acceptors (Lipinski definition) is 5. The Morgan fingerprint density at radius 2 is 1.79 bits per heavy atom. The minimum Gasteiger partial charge on any atom is -0.478 e. The summed E-state index contributed by atoms with van der Waals surface area (Å²) in [5, 5.41) is 11.5. The lowest BCUT2D eigenvalue weighted by atomic mass is 9.69.